The monoisotopic (exact) mass is 301 g/mol. The summed E-state index contributed by atoms with van der Waals surface area (Å²) in [4.78, 5) is 0. The Morgan fingerprint density at radius 2 is 2.29 bits per heavy atom. The summed E-state index contributed by atoms with van der Waals surface area (Å²) in [5.41, 5.74) is 6.82. The van der Waals surface area contributed by atoms with Crippen molar-refractivity contribution in [2.75, 3.05) is 13.2 Å². The first-order valence-electron chi connectivity index (χ1n) is 5.82. The molecule has 2 atom stereocenters. The van der Waals surface area contributed by atoms with Crippen LogP contribution in [0.25, 0.3) is 0 Å². The van der Waals surface area contributed by atoms with Crippen LogP contribution in [-0.4, -0.2) is 19.3 Å². The molecule has 0 amide bonds. The fourth-order valence-corrected chi connectivity index (χ4v) is 3.02. The second-order valence-corrected chi connectivity index (χ2v) is 5.70. The number of benzene rings is 1. The molecular weight excluding hydrogens is 285 g/mol. The fraction of sp³-hybridized carbons (Fsp3) is 0.538. The second-order valence-electron chi connectivity index (χ2n) is 4.78. The van der Waals surface area contributed by atoms with Gasteiger partial charge in [-0.1, -0.05) is 15.9 Å². The lowest BCUT2D eigenvalue weighted by Gasteiger charge is -2.31. The maximum atomic E-state index is 13.3. The minimum absolute atomic E-state index is 0.0484. The summed E-state index contributed by atoms with van der Waals surface area (Å²) in [6.07, 6.45) is 1.84. The van der Waals surface area contributed by atoms with E-state index in [1.807, 2.05) is 13.0 Å². The van der Waals surface area contributed by atoms with Gasteiger partial charge in [-0.05, 0) is 43.5 Å². The van der Waals surface area contributed by atoms with Gasteiger partial charge in [0.15, 0.2) is 0 Å². The molecule has 94 valence electrons. The minimum atomic E-state index is -0.215. The van der Waals surface area contributed by atoms with Crippen molar-refractivity contribution in [1.29, 1.82) is 0 Å². The molecule has 0 radical (unpaired) electrons. The van der Waals surface area contributed by atoms with Crippen LogP contribution in [0.5, 0.6) is 0 Å². The average molecular weight is 302 g/mol. The third kappa shape index (κ3) is 2.69. The second kappa shape index (κ2) is 5.04. The maximum Gasteiger partial charge on any atom is 0.124 e. The third-order valence-corrected chi connectivity index (χ3v) is 4.17. The van der Waals surface area contributed by atoms with E-state index in [-0.39, 0.29) is 17.3 Å². The zero-order chi connectivity index (χ0) is 12.5. The van der Waals surface area contributed by atoms with Crippen molar-refractivity contribution in [2.24, 2.45) is 11.1 Å². The predicted molar refractivity (Wildman–Crippen MR) is 69.3 cm³/mol. The Balaban J connectivity index is 2.24. The molecule has 0 saturated carbocycles. The fourth-order valence-electron chi connectivity index (χ4n) is 2.51. The molecule has 2 rings (SSSR count). The Hall–Kier alpha value is -0.450. The molecule has 0 aromatic heterocycles. The van der Waals surface area contributed by atoms with Gasteiger partial charge in [0.25, 0.3) is 0 Å². The number of halogens is 2. The number of nitrogens with two attached hydrogens (primary N) is 1. The Labute approximate surface area is 109 Å². The van der Waals surface area contributed by atoms with Gasteiger partial charge in [-0.3, -0.25) is 0 Å². The highest BCUT2D eigenvalue weighted by Crippen LogP contribution is 2.37. The smallest absolute Gasteiger partial charge is 0.124 e. The van der Waals surface area contributed by atoms with Gasteiger partial charge in [0, 0.05) is 23.0 Å². The molecule has 0 aliphatic carbocycles. The largest absolute Gasteiger partial charge is 0.378 e. The van der Waals surface area contributed by atoms with Crippen LogP contribution >= 0.6 is 15.9 Å². The summed E-state index contributed by atoms with van der Waals surface area (Å²) < 4.78 is 19.7. The van der Waals surface area contributed by atoms with Crippen LogP contribution in [0.3, 0.4) is 0 Å². The van der Waals surface area contributed by atoms with E-state index < -0.39 is 0 Å². The van der Waals surface area contributed by atoms with Crippen LogP contribution in [0.1, 0.15) is 18.9 Å². The molecule has 2 N–H and O–H groups in total. The normalized spacial score (nSPS) is 28.6. The number of hydrogen-bond acceptors (Lipinski definition) is 2. The average Bonchev–Trinajstić information content (AvgIpc) is 2.59. The van der Waals surface area contributed by atoms with Gasteiger partial charge in [-0.15, -0.1) is 0 Å². The van der Waals surface area contributed by atoms with Crippen molar-refractivity contribution in [2.45, 2.75) is 25.9 Å². The van der Waals surface area contributed by atoms with E-state index in [1.54, 1.807) is 6.07 Å². The molecule has 1 fully saturated rings. The molecule has 4 heteroatoms. The van der Waals surface area contributed by atoms with Crippen LogP contribution in [0.15, 0.2) is 22.7 Å². The lowest BCUT2D eigenvalue weighted by molar-refractivity contribution is 0.0673. The summed E-state index contributed by atoms with van der Waals surface area (Å²) in [6.45, 7) is 3.37. The van der Waals surface area contributed by atoms with Crippen molar-refractivity contribution < 1.29 is 9.13 Å². The van der Waals surface area contributed by atoms with E-state index in [0.29, 0.717) is 6.54 Å². The molecule has 2 nitrogen and oxygen atoms in total. The van der Waals surface area contributed by atoms with Crippen molar-refractivity contribution >= 4 is 15.9 Å². The molecule has 1 aromatic rings. The molecule has 1 saturated heterocycles. The van der Waals surface area contributed by atoms with Gasteiger partial charge in [0.2, 0.25) is 0 Å². The number of rotatable bonds is 3. The highest BCUT2D eigenvalue weighted by atomic mass is 79.9. The summed E-state index contributed by atoms with van der Waals surface area (Å²) in [5, 5.41) is 0. The van der Waals surface area contributed by atoms with Gasteiger partial charge in [-0.25, -0.2) is 4.39 Å². The Kier molecular flexibility index (Phi) is 3.85. The maximum absolute atomic E-state index is 13.3. The Morgan fingerprint density at radius 3 is 2.82 bits per heavy atom. The minimum Gasteiger partial charge on any atom is -0.378 e. The topological polar surface area (TPSA) is 35.2 Å². The lowest BCUT2D eigenvalue weighted by atomic mass is 9.76. The van der Waals surface area contributed by atoms with E-state index in [2.05, 4.69) is 15.9 Å². The van der Waals surface area contributed by atoms with Crippen LogP contribution in [0.4, 0.5) is 4.39 Å². The van der Waals surface area contributed by atoms with Crippen LogP contribution in [-0.2, 0) is 11.2 Å². The van der Waals surface area contributed by atoms with E-state index in [1.165, 1.54) is 6.07 Å². The lowest BCUT2D eigenvalue weighted by Crippen LogP contribution is -2.38. The molecule has 2 unspecified atom stereocenters. The van der Waals surface area contributed by atoms with E-state index >= 15 is 0 Å². The molecule has 1 heterocycles. The standard InChI is InChI=1S/C13H17BrFNO/c1-9-13(8-16,2-3-17-9)7-10-4-11(14)6-12(15)5-10/h4-6,9H,2-3,7-8,16H2,1H3. The van der Waals surface area contributed by atoms with E-state index in [9.17, 15) is 4.39 Å². The van der Waals surface area contributed by atoms with Crippen molar-refractivity contribution in [3.63, 3.8) is 0 Å². The summed E-state index contributed by atoms with van der Waals surface area (Å²) >= 11 is 3.31. The molecule has 0 bridgehead atoms. The van der Waals surface area contributed by atoms with Gasteiger partial charge in [-0.2, -0.15) is 0 Å². The van der Waals surface area contributed by atoms with Crippen LogP contribution in [0.2, 0.25) is 0 Å². The van der Waals surface area contributed by atoms with Gasteiger partial charge >= 0.3 is 0 Å². The molecule has 1 aliphatic rings. The molecule has 1 aromatic carbocycles. The van der Waals surface area contributed by atoms with E-state index in [0.717, 1.165) is 29.5 Å². The van der Waals surface area contributed by atoms with Gasteiger partial charge in [0.1, 0.15) is 5.82 Å². The zero-order valence-electron chi connectivity index (χ0n) is 9.88. The van der Waals surface area contributed by atoms with Crippen LogP contribution < -0.4 is 5.73 Å². The van der Waals surface area contributed by atoms with Gasteiger partial charge < -0.3 is 10.5 Å². The number of ether oxygens (including phenoxy) is 1. The van der Waals surface area contributed by atoms with Gasteiger partial charge in [0.05, 0.1) is 6.10 Å². The molecule has 17 heavy (non-hydrogen) atoms. The molecule has 0 spiro atoms. The Morgan fingerprint density at radius 1 is 1.53 bits per heavy atom. The highest BCUT2D eigenvalue weighted by molar-refractivity contribution is 9.10. The quantitative estimate of drug-likeness (QED) is 0.932. The first-order chi connectivity index (χ1) is 8.05. The third-order valence-electron chi connectivity index (χ3n) is 3.72. The molecular formula is C13H17BrFNO. The van der Waals surface area contributed by atoms with Crippen molar-refractivity contribution in [3.8, 4) is 0 Å². The van der Waals surface area contributed by atoms with Crippen molar-refractivity contribution in [1.82, 2.24) is 0 Å². The highest BCUT2D eigenvalue weighted by Gasteiger charge is 2.40. The number of hydrogen-bond donors (Lipinski definition) is 1. The predicted octanol–water partition coefficient (Wildman–Crippen LogP) is 2.88. The zero-order valence-corrected chi connectivity index (χ0v) is 11.5. The Bertz CT molecular complexity index is 392. The first-order valence-corrected chi connectivity index (χ1v) is 6.62. The SMILES string of the molecule is CC1OCCC1(CN)Cc1cc(F)cc(Br)c1. The summed E-state index contributed by atoms with van der Waals surface area (Å²) in [7, 11) is 0. The van der Waals surface area contributed by atoms with Crippen LogP contribution in [0, 0.1) is 11.2 Å². The molecule has 1 aliphatic heterocycles. The summed E-state index contributed by atoms with van der Waals surface area (Å²) in [5.74, 6) is -0.215. The van der Waals surface area contributed by atoms with E-state index in [4.69, 9.17) is 10.5 Å². The first kappa shape index (κ1) is 13.0. The summed E-state index contributed by atoms with van der Waals surface area (Å²) in [6, 6.07) is 4.99. The van der Waals surface area contributed by atoms with Crippen molar-refractivity contribution in [3.05, 3.63) is 34.1 Å².